The summed E-state index contributed by atoms with van der Waals surface area (Å²) in [6.07, 6.45) is 2.04. The van der Waals surface area contributed by atoms with E-state index in [9.17, 15) is 0 Å². The van der Waals surface area contributed by atoms with Crippen molar-refractivity contribution < 1.29 is 25.2 Å². The molecule has 1 aromatic rings. The Balaban J connectivity index is 0.000000465. The van der Waals surface area contributed by atoms with E-state index in [2.05, 4.69) is 16.5 Å². The molecule has 0 bridgehead atoms. The number of hydrogen-bond acceptors (Lipinski definition) is 3. The van der Waals surface area contributed by atoms with Gasteiger partial charge in [0.25, 0.3) is 0 Å². The number of nitrogens with zero attached hydrogens (tertiary/aromatic N) is 2. The van der Waals surface area contributed by atoms with Gasteiger partial charge in [0.1, 0.15) is 24.0 Å². The first-order valence-electron chi connectivity index (χ1n) is 8.40. The third kappa shape index (κ3) is 5.79. The number of halogens is 4. The van der Waals surface area contributed by atoms with E-state index in [1.165, 1.54) is 0 Å². The topological polar surface area (TPSA) is 80.7 Å². The van der Waals surface area contributed by atoms with E-state index in [4.69, 9.17) is 54.3 Å². The summed E-state index contributed by atoms with van der Waals surface area (Å²) in [7, 11) is 16.8. The average molecular weight is 504 g/mol. The third-order valence-electron chi connectivity index (χ3n) is 3.94. The molecule has 0 unspecified atom stereocenters. The summed E-state index contributed by atoms with van der Waals surface area (Å²) in [6.45, 7) is 6.92. The summed E-state index contributed by atoms with van der Waals surface area (Å²) >= 11 is 0. The molecule has 2 aliphatic rings. The zero-order valence-corrected chi connectivity index (χ0v) is 21.3. The van der Waals surface area contributed by atoms with Crippen molar-refractivity contribution >= 4 is 67.5 Å². The van der Waals surface area contributed by atoms with Crippen LogP contribution in [0.5, 0.6) is 0 Å². The fraction of sp³-hybridized carbons (Fsp3) is 0.235. The number of hydrogen-bond donors (Lipinski definition) is 2. The van der Waals surface area contributed by atoms with Crippen molar-refractivity contribution in [3.63, 3.8) is 0 Å². The monoisotopic (exact) mass is 500 g/mol. The number of rotatable bonds is 2. The van der Waals surface area contributed by atoms with Crippen molar-refractivity contribution in [2.75, 3.05) is 12.3 Å². The van der Waals surface area contributed by atoms with Gasteiger partial charge in [-0.3, -0.25) is 5.41 Å². The molecule has 4 N–H and O–H groups in total. The second-order valence-electron chi connectivity index (χ2n) is 5.87. The van der Waals surface area contributed by atoms with Gasteiger partial charge in [0.15, 0.2) is 11.3 Å². The van der Waals surface area contributed by atoms with E-state index in [0.29, 0.717) is 22.5 Å². The maximum absolute atomic E-state index is 6.06. The third-order valence-corrected chi connectivity index (χ3v) is 3.94. The molecule has 0 radical (unpaired) electrons. The van der Waals surface area contributed by atoms with E-state index in [1.54, 1.807) is 6.07 Å². The molecule has 1 aliphatic heterocycles. The molecule has 1 aromatic carbocycles. The summed E-state index contributed by atoms with van der Waals surface area (Å²) in [5.74, 6) is 0.644. The van der Waals surface area contributed by atoms with Gasteiger partial charge in [-0.15, -0.1) is 0 Å². The van der Waals surface area contributed by atoms with Crippen LogP contribution in [0.4, 0.5) is 11.4 Å². The first-order valence-corrected chi connectivity index (χ1v) is 24.0. The van der Waals surface area contributed by atoms with E-state index in [-0.39, 0.29) is 0 Å². The number of nitrogen functional groups attached to an aromatic ring is 1. The molecule has 0 atom stereocenters. The van der Waals surface area contributed by atoms with Gasteiger partial charge in [0.2, 0.25) is 11.0 Å². The van der Waals surface area contributed by atoms with Crippen LogP contribution in [0.15, 0.2) is 28.7 Å². The predicted octanol–water partition coefficient (Wildman–Crippen LogP) is 3.99. The number of benzene rings is 2. The second kappa shape index (κ2) is 9.06. The van der Waals surface area contributed by atoms with E-state index in [0.717, 1.165) is 28.9 Å². The number of aromatic nitrogens is 1. The number of anilines is 1. The van der Waals surface area contributed by atoms with Crippen LogP contribution in [0.3, 0.4) is 0 Å². The van der Waals surface area contributed by atoms with Gasteiger partial charge in [-0.2, -0.15) is 0 Å². The van der Waals surface area contributed by atoms with Crippen LogP contribution in [0.1, 0.15) is 19.4 Å². The molecule has 144 valence electrons. The number of nitrogens with two attached hydrogens (primary N) is 2. The van der Waals surface area contributed by atoms with Crippen molar-refractivity contribution in [1.29, 1.82) is 0 Å². The van der Waals surface area contributed by atoms with Gasteiger partial charge in [0, 0.05) is 19.1 Å². The molecule has 0 fully saturated rings. The molecular formula is C17H20Cl4N4OZn. The van der Waals surface area contributed by atoms with Crippen molar-refractivity contribution in [1.82, 2.24) is 4.98 Å². The predicted molar refractivity (Wildman–Crippen MR) is 110 cm³/mol. The summed E-state index contributed by atoms with van der Waals surface area (Å²) in [4.78, 5) is 4.63. The fourth-order valence-electron chi connectivity index (χ4n) is 2.62. The molecular weight excluding hydrogens is 483 g/mol. The molecule has 5 nitrogen and oxygen atoms in total. The Kier molecular flexibility index (Phi) is 7.51. The van der Waals surface area contributed by atoms with Gasteiger partial charge < -0.3 is 10.2 Å². The molecule has 1 heterocycles. The van der Waals surface area contributed by atoms with E-state index < -0.39 is 10.8 Å². The number of fused-ring (bicyclic) bond motifs is 2. The van der Waals surface area contributed by atoms with Crippen LogP contribution in [-0.2, 0) is 10.8 Å². The van der Waals surface area contributed by atoms with Gasteiger partial charge in [-0.25, -0.2) is 9.56 Å². The Morgan fingerprint density at radius 2 is 1.89 bits per heavy atom. The minimum atomic E-state index is -3.36. The summed E-state index contributed by atoms with van der Waals surface area (Å²) in [5, 5.41) is 6.59. The Bertz CT molecular complexity index is 1020. The summed E-state index contributed by atoms with van der Waals surface area (Å²) in [5.41, 5.74) is 10.6. The quantitative estimate of drug-likeness (QED) is 0.182. The zero-order valence-electron chi connectivity index (χ0n) is 15.3. The van der Waals surface area contributed by atoms with Crippen molar-refractivity contribution in [2.24, 2.45) is 0 Å². The summed E-state index contributed by atoms with van der Waals surface area (Å²) in [6, 6.07) is 7.70. The fourth-order valence-corrected chi connectivity index (χ4v) is 2.62. The van der Waals surface area contributed by atoms with Crippen molar-refractivity contribution in [3.8, 4) is 11.5 Å². The standard InChI is InChI=1S/C17H19N4O.4ClH.Zn/c1-4-21(5-2)11-6-7-14-15(8-11)22-17-10(3)12(18)9-13(19)16(17)20-14;;;;;/h4,6-9,18H,5,19H2,1-3H3;4*1H;/q+1;;;;;+2/p-3. The van der Waals surface area contributed by atoms with Gasteiger partial charge in [-0.1, -0.05) is 0 Å². The maximum atomic E-state index is 6.06. The van der Waals surface area contributed by atoms with Crippen LogP contribution in [0.2, 0.25) is 0 Å². The van der Waals surface area contributed by atoms with Crippen LogP contribution in [0.25, 0.3) is 22.6 Å². The van der Waals surface area contributed by atoms with Crippen LogP contribution < -0.4 is 16.5 Å². The molecule has 10 heteroatoms. The van der Waals surface area contributed by atoms with Gasteiger partial charge in [0.05, 0.1) is 17.3 Å². The van der Waals surface area contributed by atoms with Crippen molar-refractivity contribution in [2.45, 2.75) is 20.8 Å². The molecule has 27 heavy (non-hydrogen) atoms. The van der Waals surface area contributed by atoms with Crippen molar-refractivity contribution in [3.05, 3.63) is 35.2 Å². The van der Waals surface area contributed by atoms with Crippen LogP contribution in [-0.4, -0.2) is 22.3 Å². The Morgan fingerprint density at radius 1 is 1.26 bits per heavy atom. The molecule has 0 amide bonds. The zero-order chi connectivity index (χ0) is 20.4. The van der Waals surface area contributed by atoms with Gasteiger partial charge >= 0.3 is 49.6 Å². The Morgan fingerprint density at radius 3 is 2.44 bits per heavy atom. The first-order chi connectivity index (χ1) is 12.5. The minimum absolute atomic E-state index is 0.532. The molecule has 0 saturated carbocycles. The second-order valence-corrected chi connectivity index (χ2v) is 33.6. The molecule has 0 saturated heterocycles. The SMILES string of the molecule is CC=[N+](CC)c1ccc2nc3c(N)cc(=[NH2+])c(C)c-3oc2c1.[Cl][Zn-2]([Cl])([Cl])[Cl]. The van der Waals surface area contributed by atoms with Crippen LogP contribution in [0, 0.1) is 6.92 Å². The molecule has 3 rings (SSSR count). The molecule has 0 aromatic heterocycles. The van der Waals surface area contributed by atoms with E-state index in [1.807, 2.05) is 38.3 Å². The van der Waals surface area contributed by atoms with Crippen LogP contribution >= 0.6 is 38.8 Å². The van der Waals surface area contributed by atoms with Gasteiger partial charge in [-0.05, 0) is 19.9 Å². The Labute approximate surface area is 176 Å². The molecule has 0 spiro atoms. The van der Waals surface area contributed by atoms with E-state index >= 15 is 0 Å². The molecule has 1 aliphatic carbocycles. The normalized spacial score (nSPS) is 12.2. The Hall–Kier alpha value is -0.907. The average Bonchev–Trinajstić information content (AvgIpc) is 2.58. The summed E-state index contributed by atoms with van der Waals surface area (Å²) < 4.78 is 8.19. The first kappa shape index (κ1) is 22.4.